The van der Waals surface area contributed by atoms with Gasteiger partial charge in [0.05, 0.1) is 19.1 Å². The molecular weight excluding hydrogens is 340 g/mol. The van der Waals surface area contributed by atoms with Crippen LogP contribution >= 0.6 is 0 Å². The highest BCUT2D eigenvalue weighted by molar-refractivity contribution is 5.72. The van der Waals surface area contributed by atoms with E-state index in [2.05, 4.69) is 5.32 Å². The van der Waals surface area contributed by atoms with Crippen molar-refractivity contribution < 1.29 is 28.6 Å². The molecule has 1 N–H and O–H groups in total. The molecule has 0 spiro atoms. The lowest BCUT2D eigenvalue weighted by Gasteiger charge is -2.39. The summed E-state index contributed by atoms with van der Waals surface area (Å²) in [5.74, 6) is -0.427. The van der Waals surface area contributed by atoms with E-state index in [4.69, 9.17) is 14.2 Å². The van der Waals surface area contributed by atoms with Crippen LogP contribution in [-0.2, 0) is 19.0 Å². The number of esters is 1. The molecule has 0 radical (unpaired) electrons. The van der Waals surface area contributed by atoms with Gasteiger partial charge in [0.15, 0.2) is 0 Å². The van der Waals surface area contributed by atoms with Crippen LogP contribution < -0.4 is 5.32 Å². The lowest BCUT2D eigenvalue weighted by atomic mass is 9.98. The van der Waals surface area contributed by atoms with Crippen LogP contribution in [0.25, 0.3) is 0 Å². The average Bonchev–Trinajstić information content (AvgIpc) is 2.53. The summed E-state index contributed by atoms with van der Waals surface area (Å²) >= 11 is 0. The van der Waals surface area contributed by atoms with Gasteiger partial charge in [-0.3, -0.25) is 4.79 Å². The van der Waals surface area contributed by atoms with Crippen molar-refractivity contribution >= 4 is 18.2 Å². The number of alkyl carbamates (subject to hydrolysis) is 1. The summed E-state index contributed by atoms with van der Waals surface area (Å²) in [7, 11) is 0. The molecule has 1 rings (SSSR count). The Morgan fingerprint density at radius 1 is 1.23 bits per heavy atom. The molecule has 1 fully saturated rings. The Balaban J connectivity index is 2.51. The van der Waals surface area contributed by atoms with E-state index in [9.17, 15) is 14.4 Å². The number of ether oxygens (including phenoxy) is 3. The second-order valence-corrected chi connectivity index (χ2v) is 7.33. The summed E-state index contributed by atoms with van der Waals surface area (Å²) in [6.45, 7) is 9.96. The second kappa shape index (κ2) is 10.2. The minimum Gasteiger partial charge on any atom is -0.460 e. The van der Waals surface area contributed by atoms with Crippen molar-refractivity contribution in [3.63, 3.8) is 0 Å². The molecule has 0 aromatic carbocycles. The van der Waals surface area contributed by atoms with E-state index in [0.717, 1.165) is 19.3 Å². The first-order valence-electron chi connectivity index (χ1n) is 9.23. The summed E-state index contributed by atoms with van der Waals surface area (Å²) in [5.41, 5.74) is -0.572. The van der Waals surface area contributed by atoms with Gasteiger partial charge in [-0.15, -0.1) is 0 Å². The van der Waals surface area contributed by atoms with Crippen LogP contribution in [0.2, 0.25) is 0 Å². The average molecular weight is 372 g/mol. The summed E-state index contributed by atoms with van der Waals surface area (Å²) in [6.07, 6.45) is 1.29. The lowest BCUT2D eigenvalue weighted by molar-refractivity contribution is -0.152. The molecule has 0 aromatic rings. The third-order valence-corrected chi connectivity index (χ3v) is 3.91. The highest BCUT2D eigenvalue weighted by Gasteiger charge is 2.35. The van der Waals surface area contributed by atoms with E-state index >= 15 is 0 Å². The Hall–Kier alpha value is -1.99. The van der Waals surface area contributed by atoms with Crippen LogP contribution in [0.5, 0.6) is 0 Å². The number of hydrogen-bond donors (Lipinski definition) is 1. The predicted octanol–water partition coefficient (Wildman–Crippen LogP) is 2.84. The summed E-state index contributed by atoms with van der Waals surface area (Å²) < 4.78 is 15.6. The SMILES string of the molecule is CCOC(=O)NCCC(=O)OC(C)C1CCCCN1C(=O)OC(C)(C)C. The van der Waals surface area contributed by atoms with Crippen molar-refractivity contribution in [2.24, 2.45) is 0 Å². The fourth-order valence-corrected chi connectivity index (χ4v) is 2.79. The molecule has 1 aliphatic rings. The fraction of sp³-hybridized carbons (Fsp3) is 0.833. The third-order valence-electron chi connectivity index (χ3n) is 3.91. The predicted molar refractivity (Wildman–Crippen MR) is 95.8 cm³/mol. The number of likely N-dealkylation sites (tertiary alicyclic amines) is 1. The Morgan fingerprint density at radius 2 is 1.92 bits per heavy atom. The van der Waals surface area contributed by atoms with E-state index in [1.165, 1.54) is 0 Å². The van der Waals surface area contributed by atoms with Crippen molar-refractivity contribution in [2.45, 2.75) is 78.0 Å². The quantitative estimate of drug-likeness (QED) is 0.569. The van der Waals surface area contributed by atoms with Crippen LogP contribution in [0, 0.1) is 0 Å². The van der Waals surface area contributed by atoms with Crippen LogP contribution in [-0.4, -0.2) is 60.5 Å². The largest absolute Gasteiger partial charge is 0.460 e. The van der Waals surface area contributed by atoms with Gasteiger partial charge in [0.2, 0.25) is 0 Å². The first-order valence-corrected chi connectivity index (χ1v) is 9.23. The molecule has 0 aliphatic carbocycles. The molecular formula is C18H32N2O6. The normalized spacial score (nSPS) is 18.7. The number of carbonyl (C=O) groups excluding carboxylic acids is 3. The number of nitrogens with one attached hydrogen (secondary N) is 1. The zero-order valence-corrected chi connectivity index (χ0v) is 16.5. The number of hydrogen-bond acceptors (Lipinski definition) is 6. The molecule has 2 unspecified atom stereocenters. The van der Waals surface area contributed by atoms with Gasteiger partial charge in [0.1, 0.15) is 11.7 Å². The Bertz CT molecular complexity index is 489. The minimum absolute atomic E-state index is 0.0440. The molecule has 2 amide bonds. The van der Waals surface area contributed by atoms with Gasteiger partial charge in [-0.25, -0.2) is 9.59 Å². The number of piperidine rings is 1. The van der Waals surface area contributed by atoms with Gasteiger partial charge < -0.3 is 24.4 Å². The smallest absolute Gasteiger partial charge is 0.410 e. The number of amides is 2. The van der Waals surface area contributed by atoms with Crippen LogP contribution in [0.4, 0.5) is 9.59 Å². The van der Waals surface area contributed by atoms with E-state index < -0.39 is 23.8 Å². The Labute approximate surface area is 155 Å². The highest BCUT2D eigenvalue weighted by atomic mass is 16.6. The lowest BCUT2D eigenvalue weighted by Crippen LogP contribution is -2.51. The molecule has 1 aliphatic heterocycles. The summed E-state index contributed by atoms with van der Waals surface area (Å²) in [4.78, 5) is 37.3. The van der Waals surface area contributed by atoms with Crippen molar-refractivity contribution in [3.8, 4) is 0 Å². The summed E-state index contributed by atoms with van der Waals surface area (Å²) in [5, 5.41) is 2.47. The van der Waals surface area contributed by atoms with Crippen molar-refractivity contribution in [1.82, 2.24) is 10.2 Å². The van der Waals surface area contributed by atoms with E-state index in [0.29, 0.717) is 6.54 Å². The van der Waals surface area contributed by atoms with Crippen LogP contribution in [0.15, 0.2) is 0 Å². The van der Waals surface area contributed by atoms with Crippen LogP contribution in [0.1, 0.15) is 60.3 Å². The van der Waals surface area contributed by atoms with Crippen LogP contribution in [0.3, 0.4) is 0 Å². The molecule has 1 heterocycles. The topological polar surface area (TPSA) is 94.2 Å². The standard InChI is InChI=1S/C18H32N2O6/c1-6-24-16(22)19-11-10-15(21)25-13(2)14-9-7-8-12-20(14)17(23)26-18(3,4)5/h13-14H,6-12H2,1-5H3,(H,19,22). The molecule has 0 saturated carbocycles. The van der Waals surface area contributed by atoms with E-state index in [1.54, 1.807) is 18.7 Å². The van der Waals surface area contributed by atoms with Gasteiger partial charge in [0, 0.05) is 13.1 Å². The molecule has 0 bridgehead atoms. The van der Waals surface area contributed by atoms with Gasteiger partial charge in [0.25, 0.3) is 0 Å². The molecule has 8 nitrogen and oxygen atoms in total. The molecule has 1 saturated heterocycles. The van der Waals surface area contributed by atoms with E-state index in [-0.39, 0.29) is 31.7 Å². The maximum Gasteiger partial charge on any atom is 0.410 e. The fourth-order valence-electron chi connectivity index (χ4n) is 2.79. The first kappa shape index (κ1) is 22.1. The van der Waals surface area contributed by atoms with Gasteiger partial charge >= 0.3 is 18.2 Å². The first-order chi connectivity index (χ1) is 12.1. The maximum absolute atomic E-state index is 12.4. The number of rotatable bonds is 6. The van der Waals surface area contributed by atoms with Crippen molar-refractivity contribution in [1.29, 1.82) is 0 Å². The Morgan fingerprint density at radius 3 is 2.54 bits per heavy atom. The van der Waals surface area contributed by atoms with E-state index in [1.807, 2.05) is 20.8 Å². The minimum atomic E-state index is -0.572. The molecule has 8 heteroatoms. The van der Waals surface area contributed by atoms with Crippen molar-refractivity contribution in [3.05, 3.63) is 0 Å². The Kier molecular flexibility index (Phi) is 8.68. The number of nitrogens with zero attached hydrogens (tertiary/aromatic N) is 1. The highest BCUT2D eigenvalue weighted by Crippen LogP contribution is 2.24. The molecule has 26 heavy (non-hydrogen) atoms. The third kappa shape index (κ3) is 7.93. The van der Waals surface area contributed by atoms with Gasteiger partial charge in [-0.1, -0.05) is 0 Å². The maximum atomic E-state index is 12.4. The zero-order chi connectivity index (χ0) is 19.7. The van der Waals surface area contributed by atoms with Gasteiger partial charge in [-0.05, 0) is 53.9 Å². The monoisotopic (exact) mass is 372 g/mol. The molecule has 150 valence electrons. The summed E-state index contributed by atoms with van der Waals surface area (Å²) in [6, 6.07) is -0.208. The van der Waals surface area contributed by atoms with Gasteiger partial charge in [-0.2, -0.15) is 0 Å². The number of carbonyl (C=O) groups is 3. The molecule has 2 atom stereocenters. The zero-order valence-electron chi connectivity index (χ0n) is 16.5. The second-order valence-electron chi connectivity index (χ2n) is 7.33. The van der Waals surface area contributed by atoms with Crippen molar-refractivity contribution in [2.75, 3.05) is 19.7 Å². The molecule has 0 aromatic heterocycles.